The zero-order chi connectivity index (χ0) is 13.1. The van der Waals surface area contributed by atoms with E-state index in [1.807, 2.05) is 12.1 Å². The van der Waals surface area contributed by atoms with E-state index in [-0.39, 0.29) is 5.82 Å². The highest BCUT2D eigenvalue weighted by molar-refractivity contribution is 9.10. The molecule has 0 aliphatic rings. The average molecular weight is 348 g/mol. The first kappa shape index (κ1) is 13.9. The van der Waals surface area contributed by atoms with Crippen LogP contribution in [0.4, 0.5) is 4.39 Å². The fourth-order valence-electron chi connectivity index (χ4n) is 1.70. The minimum Gasteiger partial charge on any atom is -0.205 e. The summed E-state index contributed by atoms with van der Waals surface area (Å²) in [7, 11) is 0. The molecule has 4 heteroatoms. The smallest absolute Gasteiger partial charge is 0.142 e. The van der Waals surface area contributed by atoms with Crippen LogP contribution in [0.2, 0.25) is 5.02 Å². The summed E-state index contributed by atoms with van der Waals surface area (Å²) in [5.74, 6) is -0.300. The second kappa shape index (κ2) is 6.05. The fraction of sp³-hybridized carbons (Fsp3) is 0.143. The first-order chi connectivity index (χ1) is 8.58. The SMILES string of the molecule is Fc1c(Br)cccc1C(Cl)Cc1ccc(Cl)cc1. The molecule has 0 aromatic heterocycles. The fourth-order valence-corrected chi connectivity index (χ4v) is 2.55. The average Bonchev–Trinajstić information content (AvgIpc) is 2.35. The van der Waals surface area contributed by atoms with Crippen molar-refractivity contribution in [1.82, 2.24) is 0 Å². The van der Waals surface area contributed by atoms with Gasteiger partial charge in [0, 0.05) is 10.6 Å². The van der Waals surface area contributed by atoms with Gasteiger partial charge < -0.3 is 0 Å². The van der Waals surface area contributed by atoms with Crippen LogP contribution in [0.5, 0.6) is 0 Å². The third kappa shape index (κ3) is 3.25. The van der Waals surface area contributed by atoms with Gasteiger partial charge in [0.15, 0.2) is 0 Å². The van der Waals surface area contributed by atoms with Crippen LogP contribution in [0.3, 0.4) is 0 Å². The second-order valence-corrected chi connectivity index (χ2v) is 5.76. The minimum absolute atomic E-state index is 0.300. The molecule has 0 nitrogen and oxygen atoms in total. The summed E-state index contributed by atoms with van der Waals surface area (Å²) in [6.07, 6.45) is 0.562. The maximum absolute atomic E-state index is 13.9. The standard InChI is InChI=1S/C14H10BrCl2F/c15-12-3-1-2-11(14(12)18)13(17)8-9-4-6-10(16)7-5-9/h1-7,13H,8H2. The van der Waals surface area contributed by atoms with E-state index in [4.69, 9.17) is 23.2 Å². The van der Waals surface area contributed by atoms with E-state index in [0.717, 1.165) is 5.56 Å². The van der Waals surface area contributed by atoms with Gasteiger partial charge in [-0.2, -0.15) is 0 Å². The summed E-state index contributed by atoms with van der Waals surface area (Å²) < 4.78 is 14.3. The molecule has 2 rings (SSSR count). The van der Waals surface area contributed by atoms with Crippen molar-refractivity contribution in [2.75, 3.05) is 0 Å². The molecule has 0 amide bonds. The maximum Gasteiger partial charge on any atom is 0.142 e. The molecule has 0 saturated heterocycles. The normalized spacial score (nSPS) is 12.4. The van der Waals surface area contributed by atoms with Crippen molar-refractivity contribution < 1.29 is 4.39 Å². The van der Waals surface area contributed by atoms with Crippen LogP contribution in [0.1, 0.15) is 16.5 Å². The van der Waals surface area contributed by atoms with Crippen LogP contribution in [-0.2, 0) is 6.42 Å². The summed E-state index contributed by atoms with van der Waals surface area (Å²) in [5, 5.41) is 0.280. The number of hydrogen-bond donors (Lipinski definition) is 0. The molecule has 2 aromatic rings. The molecule has 94 valence electrons. The van der Waals surface area contributed by atoms with Gasteiger partial charge in [-0.3, -0.25) is 0 Å². The van der Waals surface area contributed by atoms with Gasteiger partial charge in [0.1, 0.15) is 5.82 Å². The van der Waals surface area contributed by atoms with Crippen molar-refractivity contribution in [1.29, 1.82) is 0 Å². The lowest BCUT2D eigenvalue weighted by atomic mass is 10.0. The lowest BCUT2D eigenvalue weighted by molar-refractivity contribution is 0.599. The molecule has 2 aromatic carbocycles. The van der Waals surface area contributed by atoms with Crippen molar-refractivity contribution in [3.63, 3.8) is 0 Å². The van der Waals surface area contributed by atoms with Gasteiger partial charge in [0.05, 0.1) is 9.85 Å². The summed E-state index contributed by atoms with van der Waals surface area (Å²) >= 11 is 15.2. The first-order valence-electron chi connectivity index (χ1n) is 5.40. The van der Waals surface area contributed by atoms with Crippen molar-refractivity contribution in [3.05, 3.63) is 68.9 Å². The van der Waals surface area contributed by atoms with Gasteiger partial charge in [-0.1, -0.05) is 35.9 Å². The van der Waals surface area contributed by atoms with Crippen molar-refractivity contribution in [3.8, 4) is 0 Å². The number of hydrogen-bond acceptors (Lipinski definition) is 0. The Morgan fingerprint density at radius 1 is 1.11 bits per heavy atom. The van der Waals surface area contributed by atoms with Gasteiger partial charge in [0.2, 0.25) is 0 Å². The Morgan fingerprint density at radius 2 is 1.78 bits per heavy atom. The Morgan fingerprint density at radius 3 is 2.44 bits per heavy atom. The molecule has 0 aliphatic heterocycles. The van der Waals surface area contributed by atoms with Crippen LogP contribution in [0.25, 0.3) is 0 Å². The van der Waals surface area contributed by atoms with Crippen molar-refractivity contribution in [2.45, 2.75) is 11.8 Å². The van der Waals surface area contributed by atoms with E-state index >= 15 is 0 Å². The number of alkyl halides is 1. The zero-order valence-corrected chi connectivity index (χ0v) is 12.4. The Labute approximate surface area is 124 Å². The Bertz CT molecular complexity index is 540. The Hall–Kier alpha value is -0.570. The largest absolute Gasteiger partial charge is 0.205 e. The molecule has 0 aliphatic carbocycles. The monoisotopic (exact) mass is 346 g/mol. The van der Waals surface area contributed by atoms with E-state index < -0.39 is 5.38 Å². The van der Waals surface area contributed by atoms with Crippen LogP contribution in [0.15, 0.2) is 46.9 Å². The van der Waals surface area contributed by atoms with Gasteiger partial charge in [0.25, 0.3) is 0 Å². The predicted molar refractivity (Wildman–Crippen MR) is 77.9 cm³/mol. The molecule has 0 spiro atoms. The van der Waals surface area contributed by atoms with Gasteiger partial charge >= 0.3 is 0 Å². The number of benzene rings is 2. The minimum atomic E-state index is -0.399. The first-order valence-corrected chi connectivity index (χ1v) is 7.01. The summed E-state index contributed by atoms with van der Waals surface area (Å²) in [6.45, 7) is 0. The summed E-state index contributed by atoms with van der Waals surface area (Å²) in [5.41, 5.74) is 1.53. The molecule has 0 radical (unpaired) electrons. The van der Waals surface area contributed by atoms with Gasteiger partial charge in [-0.15, -0.1) is 11.6 Å². The molecule has 0 fully saturated rings. The van der Waals surface area contributed by atoms with E-state index in [2.05, 4.69) is 15.9 Å². The molecule has 0 bridgehead atoms. The lowest BCUT2D eigenvalue weighted by Gasteiger charge is -2.12. The summed E-state index contributed by atoms with van der Waals surface area (Å²) in [6, 6.07) is 12.5. The molecule has 0 N–H and O–H groups in total. The number of halogens is 4. The third-order valence-electron chi connectivity index (χ3n) is 2.65. The third-order valence-corrected chi connectivity index (χ3v) is 3.90. The highest BCUT2D eigenvalue weighted by atomic mass is 79.9. The van der Waals surface area contributed by atoms with Gasteiger partial charge in [-0.25, -0.2) is 4.39 Å². The highest BCUT2D eigenvalue weighted by Gasteiger charge is 2.15. The topological polar surface area (TPSA) is 0 Å². The van der Waals surface area contributed by atoms with E-state index in [1.165, 1.54) is 0 Å². The molecular formula is C14H10BrCl2F. The van der Waals surface area contributed by atoms with Crippen LogP contribution < -0.4 is 0 Å². The van der Waals surface area contributed by atoms with Crippen LogP contribution >= 0.6 is 39.1 Å². The predicted octanol–water partition coefficient (Wildman–Crippen LogP) is 5.76. The van der Waals surface area contributed by atoms with E-state index in [9.17, 15) is 4.39 Å². The quantitative estimate of drug-likeness (QED) is 0.619. The van der Waals surface area contributed by atoms with E-state index in [1.54, 1.807) is 30.3 Å². The Kier molecular flexibility index (Phi) is 4.66. The lowest BCUT2D eigenvalue weighted by Crippen LogP contribution is -1.99. The maximum atomic E-state index is 13.9. The second-order valence-electron chi connectivity index (χ2n) is 3.94. The Balaban J connectivity index is 2.19. The molecule has 0 saturated carbocycles. The molecule has 1 unspecified atom stereocenters. The van der Waals surface area contributed by atoms with Crippen molar-refractivity contribution in [2.24, 2.45) is 0 Å². The van der Waals surface area contributed by atoms with Gasteiger partial charge in [-0.05, 0) is 46.1 Å². The van der Waals surface area contributed by atoms with Crippen LogP contribution in [0, 0.1) is 5.82 Å². The number of rotatable bonds is 3. The molecule has 18 heavy (non-hydrogen) atoms. The molecular weight excluding hydrogens is 338 g/mol. The highest BCUT2D eigenvalue weighted by Crippen LogP contribution is 2.30. The van der Waals surface area contributed by atoms with Crippen molar-refractivity contribution >= 4 is 39.1 Å². The van der Waals surface area contributed by atoms with Crippen LogP contribution in [-0.4, -0.2) is 0 Å². The zero-order valence-electron chi connectivity index (χ0n) is 9.34. The summed E-state index contributed by atoms with van der Waals surface area (Å²) in [4.78, 5) is 0. The molecule has 0 heterocycles. The van der Waals surface area contributed by atoms with E-state index in [0.29, 0.717) is 21.5 Å². The molecule has 1 atom stereocenters.